The van der Waals surface area contributed by atoms with Gasteiger partial charge in [-0.05, 0) is 24.3 Å². The van der Waals surface area contributed by atoms with Crippen LogP contribution in [0.2, 0.25) is 0 Å². The van der Waals surface area contributed by atoms with Gasteiger partial charge in [-0.2, -0.15) is 0 Å². The summed E-state index contributed by atoms with van der Waals surface area (Å²) in [6.45, 7) is 0. The summed E-state index contributed by atoms with van der Waals surface area (Å²) < 4.78 is 7.08. The van der Waals surface area contributed by atoms with Crippen LogP contribution in [-0.4, -0.2) is 16.5 Å². The lowest BCUT2D eigenvalue weighted by Crippen LogP contribution is -1.93. The van der Waals surface area contributed by atoms with Gasteiger partial charge in [0.15, 0.2) is 0 Å². The third-order valence-corrected chi connectivity index (χ3v) is 2.91. The molecular formula is C14H13N3O. The zero-order valence-electron chi connectivity index (χ0n) is 10.00. The first-order valence-electron chi connectivity index (χ1n) is 5.66. The zero-order chi connectivity index (χ0) is 12.5. The molecule has 0 bridgehead atoms. The van der Waals surface area contributed by atoms with Crippen LogP contribution in [0.3, 0.4) is 0 Å². The summed E-state index contributed by atoms with van der Waals surface area (Å²) >= 11 is 0. The molecule has 0 fully saturated rings. The summed E-state index contributed by atoms with van der Waals surface area (Å²) in [5.41, 5.74) is 8.69. The zero-order valence-corrected chi connectivity index (χ0v) is 10.00. The lowest BCUT2D eigenvalue weighted by Gasteiger charge is -2.02. The normalized spacial score (nSPS) is 10.7. The van der Waals surface area contributed by atoms with Gasteiger partial charge in [0.1, 0.15) is 22.9 Å². The van der Waals surface area contributed by atoms with E-state index in [1.807, 2.05) is 53.1 Å². The van der Waals surface area contributed by atoms with Crippen LogP contribution in [0.1, 0.15) is 0 Å². The molecule has 1 aromatic carbocycles. The van der Waals surface area contributed by atoms with Crippen molar-refractivity contribution in [3.05, 3.63) is 48.7 Å². The molecular weight excluding hydrogens is 226 g/mol. The molecule has 4 nitrogen and oxygen atoms in total. The maximum atomic E-state index is 6.12. The molecule has 2 N–H and O–H groups in total. The Hall–Kier alpha value is -2.49. The Bertz CT molecular complexity index is 703. The minimum absolute atomic E-state index is 0.638. The molecule has 0 saturated heterocycles. The summed E-state index contributed by atoms with van der Waals surface area (Å²) in [6.07, 6.45) is 1.90. The van der Waals surface area contributed by atoms with Crippen LogP contribution >= 0.6 is 0 Å². The quantitative estimate of drug-likeness (QED) is 0.747. The van der Waals surface area contributed by atoms with Crippen molar-refractivity contribution in [1.29, 1.82) is 0 Å². The Morgan fingerprint density at radius 2 is 2.06 bits per heavy atom. The van der Waals surface area contributed by atoms with Gasteiger partial charge >= 0.3 is 0 Å². The van der Waals surface area contributed by atoms with Gasteiger partial charge in [-0.25, -0.2) is 4.98 Å². The molecule has 0 spiro atoms. The van der Waals surface area contributed by atoms with E-state index < -0.39 is 0 Å². The molecule has 0 unspecified atom stereocenters. The van der Waals surface area contributed by atoms with Crippen molar-refractivity contribution in [1.82, 2.24) is 9.38 Å². The Kier molecular flexibility index (Phi) is 2.41. The van der Waals surface area contributed by atoms with Crippen molar-refractivity contribution in [2.24, 2.45) is 0 Å². The molecule has 2 aromatic heterocycles. The van der Waals surface area contributed by atoms with Gasteiger partial charge in [0.2, 0.25) is 0 Å². The van der Waals surface area contributed by atoms with Gasteiger partial charge < -0.3 is 10.5 Å². The summed E-state index contributed by atoms with van der Waals surface area (Å²) in [5, 5.41) is 0. The van der Waals surface area contributed by atoms with E-state index >= 15 is 0 Å². The van der Waals surface area contributed by atoms with Gasteiger partial charge in [-0.1, -0.05) is 18.2 Å². The van der Waals surface area contributed by atoms with Crippen LogP contribution in [-0.2, 0) is 0 Å². The lowest BCUT2D eigenvalue weighted by atomic mass is 10.1. The molecule has 0 radical (unpaired) electrons. The SMILES string of the molecule is COc1cccc(-c2nc3ccccn3c2N)c1. The van der Waals surface area contributed by atoms with Gasteiger partial charge in [0, 0.05) is 11.8 Å². The third kappa shape index (κ3) is 1.59. The molecule has 0 aliphatic heterocycles. The number of rotatable bonds is 2. The number of aromatic nitrogens is 2. The molecule has 18 heavy (non-hydrogen) atoms. The molecule has 0 aliphatic carbocycles. The first kappa shape index (κ1) is 10.7. The number of nitrogen functional groups attached to an aromatic ring is 1. The average molecular weight is 239 g/mol. The number of benzene rings is 1. The van der Waals surface area contributed by atoms with Crippen LogP contribution < -0.4 is 10.5 Å². The molecule has 0 saturated carbocycles. The van der Waals surface area contributed by atoms with E-state index in [1.165, 1.54) is 0 Å². The second kappa shape index (κ2) is 4.07. The van der Waals surface area contributed by atoms with E-state index in [4.69, 9.17) is 10.5 Å². The number of ether oxygens (including phenoxy) is 1. The van der Waals surface area contributed by atoms with Crippen LogP contribution in [0.4, 0.5) is 5.82 Å². The lowest BCUT2D eigenvalue weighted by molar-refractivity contribution is 0.415. The first-order chi connectivity index (χ1) is 8.79. The standard InChI is InChI=1S/C14H13N3O/c1-18-11-6-4-5-10(9-11)13-14(15)17-8-3-2-7-12(17)16-13/h2-9H,15H2,1H3. The third-order valence-electron chi connectivity index (χ3n) is 2.91. The number of nitrogens with two attached hydrogens (primary N) is 1. The van der Waals surface area contributed by atoms with Crippen molar-refractivity contribution < 1.29 is 4.74 Å². The summed E-state index contributed by atoms with van der Waals surface area (Å²) in [7, 11) is 1.64. The van der Waals surface area contributed by atoms with E-state index in [9.17, 15) is 0 Å². The Morgan fingerprint density at radius 1 is 1.17 bits per heavy atom. The van der Waals surface area contributed by atoms with E-state index in [-0.39, 0.29) is 0 Å². The van der Waals surface area contributed by atoms with Crippen molar-refractivity contribution >= 4 is 11.5 Å². The number of imidazole rings is 1. The van der Waals surface area contributed by atoms with Crippen LogP contribution in [0, 0.1) is 0 Å². The highest BCUT2D eigenvalue weighted by molar-refractivity contribution is 5.75. The van der Waals surface area contributed by atoms with E-state index in [1.54, 1.807) is 7.11 Å². The summed E-state index contributed by atoms with van der Waals surface area (Å²) in [6, 6.07) is 13.5. The molecule has 0 atom stereocenters. The van der Waals surface area contributed by atoms with Gasteiger partial charge in [0.05, 0.1) is 7.11 Å². The fourth-order valence-electron chi connectivity index (χ4n) is 2.00. The second-order valence-corrected chi connectivity index (χ2v) is 4.01. The Labute approximate surface area is 105 Å². The number of fused-ring (bicyclic) bond motifs is 1. The van der Waals surface area contributed by atoms with E-state index in [2.05, 4.69) is 4.98 Å². The number of hydrogen-bond acceptors (Lipinski definition) is 3. The minimum Gasteiger partial charge on any atom is -0.497 e. The number of methoxy groups -OCH3 is 1. The van der Waals surface area contributed by atoms with E-state index in [0.29, 0.717) is 5.82 Å². The molecule has 0 aliphatic rings. The van der Waals surface area contributed by atoms with E-state index in [0.717, 1.165) is 22.7 Å². The topological polar surface area (TPSA) is 52.5 Å². The largest absolute Gasteiger partial charge is 0.497 e. The monoisotopic (exact) mass is 239 g/mol. The van der Waals surface area contributed by atoms with Crippen LogP contribution in [0.5, 0.6) is 5.75 Å². The highest BCUT2D eigenvalue weighted by atomic mass is 16.5. The molecule has 2 heterocycles. The molecule has 3 aromatic rings. The van der Waals surface area contributed by atoms with Gasteiger partial charge in [-0.3, -0.25) is 4.40 Å². The highest BCUT2D eigenvalue weighted by Crippen LogP contribution is 2.28. The highest BCUT2D eigenvalue weighted by Gasteiger charge is 2.11. The van der Waals surface area contributed by atoms with Gasteiger partial charge in [-0.15, -0.1) is 0 Å². The molecule has 90 valence electrons. The maximum absolute atomic E-state index is 6.12. The number of pyridine rings is 1. The smallest absolute Gasteiger partial charge is 0.139 e. The minimum atomic E-state index is 0.638. The van der Waals surface area contributed by atoms with Crippen molar-refractivity contribution in [2.45, 2.75) is 0 Å². The van der Waals surface area contributed by atoms with Crippen molar-refractivity contribution in [2.75, 3.05) is 12.8 Å². The molecule has 0 amide bonds. The predicted molar refractivity (Wildman–Crippen MR) is 71.6 cm³/mol. The molecule has 4 heteroatoms. The number of nitrogens with zero attached hydrogens (tertiary/aromatic N) is 2. The maximum Gasteiger partial charge on any atom is 0.139 e. The van der Waals surface area contributed by atoms with Crippen molar-refractivity contribution in [3.63, 3.8) is 0 Å². The fraction of sp³-hybridized carbons (Fsp3) is 0.0714. The first-order valence-corrected chi connectivity index (χ1v) is 5.66. The number of anilines is 1. The number of hydrogen-bond donors (Lipinski definition) is 1. The second-order valence-electron chi connectivity index (χ2n) is 4.01. The van der Waals surface area contributed by atoms with Crippen LogP contribution in [0.15, 0.2) is 48.7 Å². The summed E-state index contributed by atoms with van der Waals surface area (Å²) in [5.74, 6) is 1.43. The predicted octanol–water partition coefficient (Wildman–Crippen LogP) is 2.59. The fourth-order valence-corrected chi connectivity index (χ4v) is 2.00. The Balaban J connectivity index is 2.21. The van der Waals surface area contributed by atoms with Gasteiger partial charge in [0.25, 0.3) is 0 Å². The molecule has 3 rings (SSSR count). The average Bonchev–Trinajstić information content (AvgIpc) is 2.77. The summed E-state index contributed by atoms with van der Waals surface area (Å²) in [4.78, 5) is 4.54. The van der Waals surface area contributed by atoms with Crippen molar-refractivity contribution in [3.8, 4) is 17.0 Å². The Morgan fingerprint density at radius 3 is 2.83 bits per heavy atom. The van der Waals surface area contributed by atoms with Crippen LogP contribution in [0.25, 0.3) is 16.9 Å².